The van der Waals surface area contributed by atoms with Crippen molar-refractivity contribution in [1.29, 1.82) is 0 Å². The van der Waals surface area contributed by atoms with E-state index in [1.807, 2.05) is 12.1 Å². The molecule has 0 bridgehead atoms. The van der Waals surface area contributed by atoms with Gasteiger partial charge in [0.1, 0.15) is 0 Å². The van der Waals surface area contributed by atoms with Gasteiger partial charge in [-0.05, 0) is 68.0 Å². The number of amides is 1. The van der Waals surface area contributed by atoms with E-state index in [1.54, 1.807) is 4.90 Å². The Balaban J connectivity index is 1.59. The SMILES string of the molecule is COC(=O)[C@@H](OCC(C)C)c1c(C)c2c3c(cc(C)n3CCN2c2ccc(N3CCCC3=O)nn2)c1-c1ccc(C)cc1. The van der Waals surface area contributed by atoms with Gasteiger partial charge < -0.3 is 18.9 Å². The molecule has 0 N–H and O–H groups in total. The van der Waals surface area contributed by atoms with Crippen LogP contribution in [0.4, 0.5) is 17.3 Å². The number of esters is 1. The Morgan fingerprint density at radius 1 is 0.953 bits per heavy atom. The van der Waals surface area contributed by atoms with Crippen LogP contribution in [0.2, 0.25) is 0 Å². The summed E-state index contributed by atoms with van der Waals surface area (Å²) in [5, 5.41) is 10.1. The van der Waals surface area contributed by atoms with Crippen LogP contribution in [0.5, 0.6) is 0 Å². The normalized spacial score (nSPS) is 15.6. The summed E-state index contributed by atoms with van der Waals surface area (Å²) >= 11 is 0. The first-order valence-electron chi connectivity index (χ1n) is 15.0. The monoisotopic (exact) mass is 581 g/mol. The lowest BCUT2D eigenvalue weighted by Gasteiger charge is -2.34. The lowest BCUT2D eigenvalue weighted by Crippen LogP contribution is -2.31. The molecule has 0 radical (unpaired) electrons. The molecule has 6 rings (SSSR count). The van der Waals surface area contributed by atoms with E-state index in [-0.39, 0.29) is 11.8 Å². The van der Waals surface area contributed by atoms with E-state index >= 15 is 0 Å². The van der Waals surface area contributed by atoms with Crippen LogP contribution < -0.4 is 9.80 Å². The summed E-state index contributed by atoms with van der Waals surface area (Å²) in [5.74, 6) is 1.15. The van der Waals surface area contributed by atoms with Crippen LogP contribution in [0.15, 0.2) is 42.5 Å². The van der Waals surface area contributed by atoms with Crippen molar-refractivity contribution in [2.75, 3.05) is 36.6 Å². The molecule has 43 heavy (non-hydrogen) atoms. The largest absolute Gasteiger partial charge is 0.467 e. The predicted molar refractivity (Wildman–Crippen MR) is 168 cm³/mol. The number of ether oxygens (including phenoxy) is 2. The number of carbonyl (C=O) groups excluding carboxylic acids is 2. The molecule has 4 aromatic rings. The first-order valence-corrected chi connectivity index (χ1v) is 15.0. The highest BCUT2D eigenvalue weighted by molar-refractivity contribution is 6.08. The fourth-order valence-corrected chi connectivity index (χ4v) is 6.44. The Bertz CT molecular complexity index is 1690. The molecule has 1 amide bonds. The van der Waals surface area contributed by atoms with Crippen molar-refractivity contribution in [2.45, 2.75) is 60.1 Å². The Morgan fingerprint density at radius 2 is 1.65 bits per heavy atom. The number of hydrogen-bond acceptors (Lipinski definition) is 7. The second kappa shape index (κ2) is 11.4. The van der Waals surface area contributed by atoms with Crippen molar-refractivity contribution >= 4 is 40.1 Å². The van der Waals surface area contributed by atoms with Crippen LogP contribution in [-0.2, 0) is 25.6 Å². The molecule has 0 saturated carbocycles. The van der Waals surface area contributed by atoms with Gasteiger partial charge in [-0.2, -0.15) is 0 Å². The highest BCUT2D eigenvalue weighted by atomic mass is 16.6. The molecule has 4 heterocycles. The molecule has 1 atom stereocenters. The van der Waals surface area contributed by atoms with Crippen molar-refractivity contribution in [3.05, 3.63) is 64.8 Å². The van der Waals surface area contributed by atoms with Gasteiger partial charge >= 0.3 is 5.97 Å². The second-order valence-corrected chi connectivity index (χ2v) is 12.0. The van der Waals surface area contributed by atoms with E-state index in [9.17, 15) is 9.59 Å². The van der Waals surface area contributed by atoms with Crippen molar-refractivity contribution < 1.29 is 19.1 Å². The third-order valence-electron chi connectivity index (χ3n) is 8.52. The van der Waals surface area contributed by atoms with E-state index in [1.165, 1.54) is 7.11 Å². The number of nitrogens with zero attached hydrogens (tertiary/aromatic N) is 5. The van der Waals surface area contributed by atoms with E-state index in [2.05, 4.69) is 84.6 Å². The summed E-state index contributed by atoms with van der Waals surface area (Å²) in [6, 6.07) is 14.5. The maximum absolute atomic E-state index is 13.5. The summed E-state index contributed by atoms with van der Waals surface area (Å²) in [6.07, 6.45) is 0.462. The summed E-state index contributed by atoms with van der Waals surface area (Å²) in [4.78, 5) is 29.6. The Kier molecular flexibility index (Phi) is 7.68. The van der Waals surface area contributed by atoms with Gasteiger partial charge in [-0.25, -0.2) is 4.79 Å². The number of aromatic nitrogens is 3. The van der Waals surface area contributed by atoms with Gasteiger partial charge in [-0.3, -0.25) is 9.69 Å². The van der Waals surface area contributed by atoms with Crippen molar-refractivity contribution in [2.24, 2.45) is 5.92 Å². The number of hydrogen-bond donors (Lipinski definition) is 0. The van der Waals surface area contributed by atoms with Gasteiger partial charge in [-0.15, -0.1) is 10.2 Å². The standard InChI is InChI=1S/C34H39N5O4/c1-20(2)19-43-33(34(41)42-6)29-23(5)31-32-25(30(29)24-11-9-21(3)10-12-24)18-22(4)37(32)16-17-39(31)27-14-13-26(35-36-27)38-15-7-8-28(38)40/h9-14,18,20,33H,7-8,15-17,19H2,1-6H3/t33-/m0/s1. The van der Waals surface area contributed by atoms with Gasteiger partial charge in [0.25, 0.3) is 0 Å². The van der Waals surface area contributed by atoms with Crippen LogP contribution >= 0.6 is 0 Å². The van der Waals surface area contributed by atoms with Crippen LogP contribution in [0.3, 0.4) is 0 Å². The number of methoxy groups -OCH3 is 1. The van der Waals surface area contributed by atoms with Crippen LogP contribution in [0, 0.1) is 26.7 Å². The number of carbonyl (C=O) groups is 2. The summed E-state index contributed by atoms with van der Waals surface area (Å²) in [5.41, 5.74) is 8.10. The minimum Gasteiger partial charge on any atom is -0.467 e. The van der Waals surface area contributed by atoms with Crippen molar-refractivity contribution in [3.8, 4) is 11.1 Å². The Morgan fingerprint density at radius 3 is 2.26 bits per heavy atom. The molecular formula is C34H39N5O4. The maximum atomic E-state index is 13.5. The molecule has 0 spiro atoms. The lowest BCUT2D eigenvalue weighted by molar-refractivity contribution is -0.155. The molecule has 2 aliphatic rings. The third-order valence-corrected chi connectivity index (χ3v) is 8.52. The number of benzene rings is 2. The fraction of sp³-hybridized carbons (Fsp3) is 0.412. The molecule has 1 fully saturated rings. The average molecular weight is 582 g/mol. The molecular weight excluding hydrogens is 542 g/mol. The third kappa shape index (κ3) is 5.05. The molecule has 0 aliphatic carbocycles. The fourth-order valence-electron chi connectivity index (χ4n) is 6.44. The second-order valence-electron chi connectivity index (χ2n) is 12.0. The van der Waals surface area contributed by atoms with Gasteiger partial charge in [0, 0.05) is 42.7 Å². The van der Waals surface area contributed by atoms with E-state index in [4.69, 9.17) is 9.47 Å². The van der Waals surface area contributed by atoms with E-state index in [0.29, 0.717) is 37.8 Å². The molecule has 9 heteroatoms. The number of rotatable bonds is 8. The van der Waals surface area contributed by atoms with Gasteiger partial charge in [-0.1, -0.05) is 43.7 Å². The summed E-state index contributed by atoms with van der Waals surface area (Å²) in [6.45, 7) is 12.9. The predicted octanol–water partition coefficient (Wildman–Crippen LogP) is 6.19. The summed E-state index contributed by atoms with van der Waals surface area (Å²) in [7, 11) is 1.41. The minimum atomic E-state index is -0.911. The Labute approximate surface area is 252 Å². The molecule has 0 unspecified atom stereocenters. The van der Waals surface area contributed by atoms with Gasteiger partial charge in [0.2, 0.25) is 5.91 Å². The molecule has 2 aliphatic heterocycles. The van der Waals surface area contributed by atoms with E-state index < -0.39 is 12.1 Å². The van der Waals surface area contributed by atoms with E-state index in [0.717, 1.165) is 63.1 Å². The molecule has 9 nitrogen and oxygen atoms in total. The minimum absolute atomic E-state index is 0.0810. The quantitative estimate of drug-likeness (QED) is 0.229. The zero-order valence-electron chi connectivity index (χ0n) is 25.8. The topological polar surface area (TPSA) is 89.8 Å². The highest BCUT2D eigenvalue weighted by Gasteiger charge is 2.35. The molecule has 1 saturated heterocycles. The smallest absolute Gasteiger partial charge is 0.339 e. The van der Waals surface area contributed by atoms with Crippen molar-refractivity contribution in [1.82, 2.24) is 14.8 Å². The Hall–Kier alpha value is -4.24. The first kappa shape index (κ1) is 28.9. The molecule has 2 aromatic heterocycles. The van der Waals surface area contributed by atoms with Crippen LogP contribution in [-0.4, -0.2) is 53.4 Å². The maximum Gasteiger partial charge on any atom is 0.339 e. The highest BCUT2D eigenvalue weighted by Crippen LogP contribution is 2.49. The van der Waals surface area contributed by atoms with Crippen LogP contribution in [0.1, 0.15) is 55.2 Å². The number of aryl methyl sites for hydroxylation is 2. The first-order chi connectivity index (χ1) is 20.7. The van der Waals surface area contributed by atoms with Gasteiger partial charge in [0.15, 0.2) is 17.7 Å². The zero-order chi connectivity index (χ0) is 30.4. The zero-order valence-corrected chi connectivity index (χ0v) is 25.8. The molecule has 224 valence electrons. The molecule has 2 aromatic carbocycles. The number of anilines is 3. The van der Waals surface area contributed by atoms with Crippen molar-refractivity contribution in [3.63, 3.8) is 0 Å². The summed E-state index contributed by atoms with van der Waals surface area (Å²) < 4.78 is 14.1. The average Bonchev–Trinajstić information content (AvgIpc) is 3.58. The van der Waals surface area contributed by atoms with Crippen LogP contribution in [0.25, 0.3) is 22.0 Å². The lowest BCUT2D eigenvalue weighted by atomic mass is 9.87. The van der Waals surface area contributed by atoms with Gasteiger partial charge in [0.05, 0.1) is 24.9 Å².